The number of hydrogen-bond donors (Lipinski definition) is 1. The zero-order valence-electron chi connectivity index (χ0n) is 13.9. The van der Waals surface area contributed by atoms with Crippen molar-refractivity contribution in [1.82, 2.24) is 15.1 Å². The molecule has 122 valence electrons. The molecule has 0 saturated carbocycles. The third kappa shape index (κ3) is 3.08. The number of benzene rings is 1. The van der Waals surface area contributed by atoms with Gasteiger partial charge in [-0.25, -0.2) is 0 Å². The van der Waals surface area contributed by atoms with Crippen molar-refractivity contribution in [2.45, 2.75) is 33.7 Å². The summed E-state index contributed by atoms with van der Waals surface area (Å²) in [7, 11) is 1.84. The van der Waals surface area contributed by atoms with Crippen molar-refractivity contribution < 1.29 is 9.72 Å². The molecule has 0 aliphatic carbocycles. The molecule has 0 aliphatic heterocycles. The first kappa shape index (κ1) is 16.7. The van der Waals surface area contributed by atoms with E-state index in [0.29, 0.717) is 5.56 Å². The van der Waals surface area contributed by atoms with Crippen LogP contribution in [0.2, 0.25) is 0 Å². The molecule has 7 nitrogen and oxygen atoms in total. The van der Waals surface area contributed by atoms with Crippen LogP contribution in [-0.4, -0.2) is 20.6 Å². The summed E-state index contributed by atoms with van der Waals surface area (Å²) in [4.78, 5) is 23.2. The van der Waals surface area contributed by atoms with Crippen LogP contribution in [0.25, 0.3) is 0 Å². The van der Waals surface area contributed by atoms with Gasteiger partial charge in [-0.3, -0.25) is 19.6 Å². The van der Waals surface area contributed by atoms with Crippen molar-refractivity contribution in [3.8, 4) is 0 Å². The van der Waals surface area contributed by atoms with Crippen molar-refractivity contribution >= 4 is 11.6 Å². The van der Waals surface area contributed by atoms with E-state index < -0.39 is 10.8 Å². The molecule has 1 aromatic carbocycles. The van der Waals surface area contributed by atoms with E-state index in [-0.39, 0.29) is 17.3 Å². The number of nitro groups is 1. The maximum Gasteiger partial charge on any atom is 0.285 e. The van der Waals surface area contributed by atoms with E-state index in [1.54, 1.807) is 23.7 Å². The second kappa shape index (κ2) is 6.20. The van der Waals surface area contributed by atoms with E-state index in [2.05, 4.69) is 10.4 Å². The zero-order chi connectivity index (χ0) is 17.3. The van der Waals surface area contributed by atoms with E-state index in [0.717, 1.165) is 17.0 Å². The minimum atomic E-state index is -0.518. The molecule has 0 aliphatic rings. The van der Waals surface area contributed by atoms with Gasteiger partial charge in [0.25, 0.3) is 11.6 Å². The van der Waals surface area contributed by atoms with E-state index >= 15 is 0 Å². The Hall–Kier alpha value is -2.70. The number of nitro benzene ring substituents is 1. The SMILES string of the molecule is Cc1cccc(C(=O)NC(C)c2c(C)nn(C)c2C)c1[N+](=O)[O-]. The fourth-order valence-corrected chi connectivity index (χ4v) is 2.85. The van der Waals surface area contributed by atoms with Crippen LogP contribution in [0.5, 0.6) is 0 Å². The number of hydrogen-bond acceptors (Lipinski definition) is 4. The predicted molar refractivity (Wildman–Crippen MR) is 86.4 cm³/mol. The van der Waals surface area contributed by atoms with E-state index in [1.807, 2.05) is 27.8 Å². The van der Waals surface area contributed by atoms with Gasteiger partial charge in [0.1, 0.15) is 5.56 Å². The van der Waals surface area contributed by atoms with Crippen LogP contribution >= 0.6 is 0 Å². The molecule has 1 atom stereocenters. The van der Waals surface area contributed by atoms with Crippen molar-refractivity contribution in [2.75, 3.05) is 0 Å². The highest BCUT2D eigenvalue weighted by Gasteiger charge is 2.25. The molecular formula is C16H20N4O3. The average molecular weight is 316 g/mol. The van der Waals surface area contributed by atoms with Gasteiger partial charge in [-0.05, 0) is 33.8 Å². The summed E-state index contributed by atoms with van der Waals surface area (Å²) in [6, 6.07) is 4.43. The lowest BCUT2D eigenvalue weighted by atomic mass is 10.0. The Labute approximate surface area is 134 Å². The number of aromatic nitrogens is 2. The van der Waals surface area contributed by atoms with Crippen molar-refractivity contribution in [3.05, 3.63) is 56.4 Å². The lowest BCUT2D eigenvalue weighted by Gasteiger charge is -2.15. The minimum Gasteiger partial charge on any atom is -0.345 e. The van der Waals surface area contributed by atoms with Crippen LogP contribution < -0.4 is 5.32 Å². The van der Waals surface area contributed by atoms with Gasteiger partial charge in [-0.2, -0.15) is 5.10 Å². The quantitative estimate of drug-likeness (QED) is 0.693. The van der Waals surface area contributed by atoms with Gasteiger partial charge in [0.05, 0.1) is 16.7 Å². The fraction of sp³-hybridized carbons (Fsp3) is 0.375. The molecule has 23 heavy (non-hydrogen) atoms. The van der Waals surface area contributed by atoms with Crippen molar-refractivity contribution in [3.63, 3.8) is 0 Å². The Morgan fingerprint density at radius 1 is 1.35 bits per heavy atom. The third-order valence-corrected chi connectivity index (χ3v) is 4.01. The largest absolute Gasteiger partial charge is 0.345 e. The molecule has 2 rings (SSSR count). The topological polar surface area (TPSA) is 90.1 Å². The van der Waals surface area contributed by atoms with Crippen molar-refractivity contribution in [2.24, 2.45) is 7.05 Å². The number of amides is 1. The van der Waals surface area contributed by atoms with Gasteiger partial charge in [0.15, 0.2) is 0 Å². The van der Waals surface area contributed by atoms with Crippen molar-refractivity contribution in [1.29, 1.82) is 0 Å². The van der Waals surface area contributed by atoms with Gasteiger partial charge in [0.2, 0.25) is 0 Å². The minimum absolute atomic E-state index is 0.0704. The number of carbonyl (C=O) groups excluding carboxylic acids is 1. The number of para-hydroxylation sites is 1. The number of aryl methyl sites for hydroxylation is 3. The number of carbonyl (C=O) groups is 1. The third-order valence-electron chi connectivity index (χ3n) is 4.01. The molecular weight excluding hydrogens is 296 g/mol. The Morgan fingerprint density at radius 2 is 2.00 bits per heavy atom. The van der Waals surface area contributed by atoms with Gasteiger partial charge in [-0.1, -0.05) is 12.1 Å². The van der Waals surface area contributed by atoms with Crippen LogP contribution in [0.4, 0.5) is 5.69 Å². The van der Waals surface area contributed by atoms with Crippen LogP contribution in [-0.2, 0) is 7.05 Å². The number of nitrogens with one attached hydrogen (secondary N) is 1. The molecule has 1 unspecified atom stereocenters. The summed E-state index contributed by atoms with van der Waals surface area (Å²) in [6.07, 6.45) is 0. The van der Waals surface area contributed by atoms with Gasteiger partial charge < -0.3 is 5.32 Å². The van der Waals surface area contributed by atoms with Crippen LogP contribution in [0.1, 0.15) is 45.8 Å². The molecule has 0 saturated heterocycles. The Morgan fingerprint density at radius 3 is 2.52 bits per heavy atom. The Kier molecular flexibility index (Phi) is 4.49. The summed E-state index contributed by atoms with van der Waals surface area (Å²) in [5, 5.41) is 18.4. The Balaban J connectivity index is 2.33. The normalized spacial score (nSPS) is 12.0. The first-order valence-corrected chi connectivity index (χ1v) is 7.29. The predicted octanol–water partition coefficient (Wildman–Crippen LogP) is 2.74. The summed E-state index contributed by atoms with van der Waals surface area (Å²) < 4.78 is 1.75. The monoisotopic (exact) mass is 316 g/mol. The molecule has 0 radical (unpaired) electrons. The maximum atomic E-state index is 12.5. The molecule has 1 N–H and O–H groups in total. The van der Waals surface area contributed by atoms with Gasteiger partial charge in [-0.15, -0.1) is 0 Å². The molecule has 7 heteroatoms. The lowest BCUT2D eigenvalue weighted by Crippen LogP contribution is -2.28. The van der Waals surface area contributed by atoms with E-state index in [4.69, 9.17) is 0 Å². The summed E-state index contributed by atoms with van der Waals surface area (Å²) in [5.74, 6) is -0.462. The van der Waals surface area contributed by atoms with Crippen LogP contribution in [0.15, 0.2) is 18.2 Å². The molecule has 0 fully saturated rings. The van der Waals surface area contributed by atoms with Gasteiger partial charge >= 0.3 is 0 Å². The zero-order valence-corrected chi connectivity index (χ0v) is 13.9. The standard InChI is InChI=1S/C16H20N4O3/c1-9-7-6-8-13(15(9)20(22)23)16(21)17-10(2)14-11(3)18-19(5)12(14)4/h6-8,10H,1-5H3,(H,17,21). The summed E-state index contributed by atoms with van der Waals surface area (Å²) in [6.45, 7) is 7.26. The molecule has 0 spiro atoms. The second-order valence-corrected chi connectivity index (χ2v) is 5.63. The highest BCUT2D eigenvalue weighted by Crippen LogP contribution is 2.25. The van der Waals surface area contributed by atoms with E-state index in [1.165, 1.54) is 6.07 Å². The maximum absolute atomic E-state index is 12.5. The molecule has 1 amide bonds. The fourth-order valence-electron chi connectivity index (χ4n) is 2.85. The highest BCUT2D eigenvalue weighted by atomic mass is 16.6. The lowest BCUT2D eigenvalue weighted by molar-refractivity contribution is -0.385. The summed E-state index contributed by atoms with van der Waals surface area (Å²) >= 11 is 0. The molecule has 0 bridgehead atoms. The van der Waals surface area contributed by atoms with Crippen LogP contribution in [0, 0.1) is 30.9 Å². The second-order valence-electron chi connectivity index (χ2n) is 5.63. The first-order valence-electron chi connectivity index (χ1n) is 7.29. The van der Waals surface area contributed by atoms with Crippen LogP contribution in [0.3, 0.4) is 0 Å². The summed E-state index contributed by atoms with van der Waals surface area (Å²) in [5.41, 5.74) is 3.09. The smallest absolute Gasteiger partial charge is 0.285 e. The molecule has 1 aromatic heterocycles. The Bertz CT molecular complexity index is 780. The molecule has 2 aromatic rings. The highest BCUT2D eigenvalue weighted by molar-refractivity contribution is 5.98. The average Bonchev–Trinajstić information content (AvgIpc) is 2.71. The van der Waals surface area contributed by atoms with Gasteiger partial charge in [0, 0.05) is 23.9 Å². The van der Waals surface area contributed by atoms with E-state index in [9.17, 15) is 14.9 Å². The first-order chi connectivity index (χ1) is 10.7. The molecule has 1 heterocycles. The number of rotatable bonds is 4. The number of nitrogens with zero attached hydrogens (tertiary/aromatic N) is 3.